The molecule has 2 heterocycles. The van der Waals surface area contributed by atoms with Crippen molar-refractivity contribution in [1.82, 2.24) is 5.32 Å². The number of amides is 1. The predicted molar refractivity (Wildman–Crippen MR) is 76.0 cm³/mol. The van der Waals surface area contributed by atoms with Gasteiger partial charge in [-0.25, -0.2) is 0 Å². The van der Waals surface area contributed by atoms with Gasteiger partial charge in [0, 0.05) is 6.61 Å². The van der Waals surface area contributed by atoms with E-state index in [1.165, 1.54) is 6.26 Å². The molecule has 0 unspecified atom stereocenters. The number of halogens is 3. The van der Waals surface area contributed by atoms with E-state index >= 15 is 0 Å². The van der Waals surface area contributed by atoms with Crippen molar-refractivity contribution in [3.8, 4) is 0 Å². The lowest BCUT2D eigenvalue weighted by molar-refractivity contribution is -0.697. The monoisotopic (exact) mass is 341 g/mol. The molecule has 0 aromatic carbocycles. The number of nitrogens with one attached hydrogen (secondary N) is 1. The summed E-state index contributed by atoms with van der Waals surface area (Å²) in [7, 11) is 0. The highest BCUT2D eigenvalue weighted by atomic mass is 35.6. The lowest BCUT2D eigenvalue weighted by Crippen LogP contribution is -2.97. The Kier molecular flexibility index (Phi) is 5.57. The van der Waals surface area contributed by atoms with E-state index in [4.69, 9.17) is 44.0 Å². The molecule has 1 amide bonds. The minimum absolute atomic E-state index is 0.130. The third-order valence-corrected chi connectivity index (χ3v) is 3.75. The van der Waals surface area contributed by atoms with E-state index in [0.29, 0.717) is 6.54 Å². The summed E-state index contributed by atoms with van der Waals surface area (Å²) >= 11 is 17.7. The SMILES string of the molecule is O=C(N[C@@H]([NH2+]C[C@@H]1CCCO1)C(Cl)(Cl)Cl)c1ccco1. The molecule has 1 aromatic rings. The Bertz CT molecular complexity index is 428. The number of quaternary nitrogens is 1. The largest absolute Gasteiger partial charge is 0.459 e. The van der Waals surface area contributed by atoms with Crippen molar-refractivity contribution < 1.29 is 19.3 Å². The summed E-state index contributed by atoms with van der Waals surface area (Å²) in [6.45, 7) is 1.38. The Balaban J connectivity index is 1.91. The normalized spacial score (nSPS) is 20.9. The van der Waals surface area contributed by atoms with Gasteiger partial charge in [0.15, 0.2) is 5.76 Å². The highest BCUT2D eigenvalue weighted by Crippen LogP contribution is 2.27. The van der Waals surface area contributed by atoms with Crippen LogP contribution in [0.1, 0.15) is 23.4 Å². The average Bonchev–Trinajstić information content (AvgIpc) is 3.04. The minimum Gasteiger partial charge on any atom is -0.459 e. The Labute approximate surface area is 131 Å². The molecule has 1 saturated heterocycles. The van der Waals surface area contributed by atoms with E-state index in [2.05, 4.69) is 5.32 Å². The van der Waals surface area contributed by atoms with Crippen molar-refractivity contribution in [2.45, 2.75) is 28.9 Å². The van der Waals surface area contributed by atoms with Gasteiger partial charge < -0.3 is 14.5 Å². The van der Waals surface area contributed by atoms with Crippen molar-refractivity contribution in [1.29, 1.82) is 0 Å². The fourth-order valence-electron chi connectivity index (χ4n) is 2.01. The number of furan rings is 1. The van der Waals surface area contributed by atoms with Gasteiger partial charge in [0.25, 0.3) is 9.70 Å². The van der Waals surface area contributed by atoms with E-state index < -0.39 is 15.9 Å². The molecular weight excluding hydrogens is 327 g/mol. The minimum atomic E-state index is -1.62. The number of carbonyl (C=O) groups is 1. The molecule has 0 radical (unpaired) electrons. The number of alkyl halides is 3. The first kappa shape index (κ1) is 15.9. The Morgan fingerprint density at radius 3 is 2.90 bits per heavy atom. The van der Waals surface area contributed by atoms with Gasteiger partial charge in [-0.3, -0.25) is 10.1 Å². The summed E-state index contributed by atoms with van der Waals surface area (Å²) in [5, 5.41) is 4.41. The van der Waals surface area contributed by atoms with Crippen LogP contribution in [0.3, 0.4) is 0 Å². The van der Waals surface area contributed by atoms with Crippen LogP contribution in [0.4, 0.5) is 0 Å². The van der Waals surface area contributed by atoms with Crippen LogP contribution in [0.5, 0.6) is 0 Å². The lowest BCUT2D eigenvalue weighted by Gasteiger charge is -2.24. The van der Waals surface area contributed by atoms with E-state index in [1.807, 2.05) is 0 Å². The highest BCUT2D eigenvalue weighted by Gasteiger charge is 2.38. The maximum absolute atomic E-state index is 11.9. The van der Waals surface area contributed by atoms with Crippen molar-refractivity contribution in [3.63, 3.8) is 0 Å². The van der Waals surface area contributed by atoms with Crippen molar-refractivity contribution >= 4 is 40.7 Å². The molecule has 112 valence electrons. The quantitative estimate of drug-likeness (QED) is 0.628. The molecule has 1 aliphatic heterocycles. The topological polar surface area (TPSA) is 68.1 Å². The zero-order valence-electron chi connectivity index (χ0n) is 10.7. The van der Waals surface area contributed by atoms with Gasteiger partial charge >= 0.3 is 0 Å². The third kappa shape index (κ3) is 4.53. The first-order chi connectivity index (χ1) is 9.47. The van der Waals surface area contributed by atoms with Gasteiger partial charge in [0.1, 0.15) is 12.6 Å². The summed E-state index contributed by atoms with van der Waals surface area (Å²) in [6.07, 6.45) is 2.85. The molecular formula is C12H16Cl3N2O3+. The lowest BCUT2D eigenvalue weighted by atomic mass is 10.2. The number of ether oxygens (including phenoxy) is 1. The van der Waals surface area contributed by atoms with Crippen LogP contribution in [0, 0.1) is 0 Å². The molecule has 3 N–H and O–H groups in total. The molecule has 1 fully saturated rings. The maximum atomic E-state index is 11.9. The van der Waals surface area contributed by atoms with E-state index in [9.17, 15) is 4.79 Å². The van der Waals surface area contributed by atoms with Crippen LogP contribution in [-0.4, -0.2) is 35.1 Å². The fraction of sp³-hybridized carbons (Fsp3) is 0.583. The molecule has 5 nitrogen and oxygen atoms in total. The molecule has 20 heavy (non-hydrogen) atoms. The summed E-state index contributed by atoms with van der Waals surface area (Å²) in [4.78, 5) is 11.9. The molecule has 0 aliphatic carbocycles. The maximum Gasteiger partial charge on any atom is 0.291 e. The van der Waals surface area contributed by atoms with Crippen LogP contribution in [-0.2, 0) is 4.74 Å². The fourth-order valence-corrected chi connectivity index (χ4v) is 2.44. The van der Waals surface area contributed by atoms with Crippen LogP contribution in [0.25, 0.3) is 0 Å². The first-order valence-electron chi connectivity index (χ1n) is 6.33. The smallest absolute Gasteiger partial charge is 0.291 e. The van der Waals surface area contributed by atoms with Crippen LogP contribution in [0.15, 0.2) is 22.8 Å². The summed E-state index contributed by atoms with van der Waals surface area (Å²) in [5.74, 6) is -0.246. The van der Waals surface area contributed by atoms with Crippen LogP contribution in [0.2, 0.25) is 0 Å². The average molecular weight is 343 g/mol. The van der Waals surface area contributed by atoms with Gasteiger partial charge in [0.05, 0.1) is 6.26 Å². The van der Waals surface area contributed by atoms with E-state index in [-0.39, 0.29) is 11.9 Å². The molecule has 2 rings (SSSR count). The van der Waals surface area contributed by atoms with Gasteiger partial charge in [0.2, 0.25) is 6.17 Å². The van der Waals surface area contributed by atoms with Crippen LogP contribution >= 0.6 is 34.8 Å². The molecule has 2 atom stereocenters. The van der Waals surface area contributed by atoms with Crippen molar-refractivity contribution in [2.75, 3.05) is 13.2 Å². The van der Waals surface area contributed by atoms with Crippen molar-refractivity contribution in [2.24, 2.45) is 0 Å². The number of hydrogen-bond acceptors (Lipinski definition) is 3. The molecule has 0 saturated carbocycles. The predicted octanol–water partition coefficient (Wildman–Crippen LogP) is 1.45. The molecule has 8 heteroatoms. The van der Waals surface area contributed by atoms with E-state index in [0.717, 1.165) is 19.4 Å². The Morgan fingerprint density at radius 2 is 2.35 bits per heavy atom. The number of carbonyl (C=O) groups excluding carboxylic acids is 1. The second-order valence-electron chi connectivity index (χ2n) is 4.58. The second kappa shape index (κ2) is 7.00. The molecule has 0 spiro atoms. The summed E-state index contributed by atoms with van der Waals surface area (Å²) in [5.41, 5.74) is 0. The molecule has 1 aliphatic rings. The zero-order valence-corrected chi connectivity index (χ0v) is 12.9. The van der Waals surface area contributed by atoms with Crippen LogP contribution < -0.4 is 10.6 Å². The van der Waals surface area contributed by atoms with Gasteiger partial charge in [-0.05, 0) is 25.0 Å². The third-order valence-electron chi connectivity index (χ3n) is 3.04. The summed E-state index contributed by atoms with van der Waals surface area (Å²) in [6, 6.07) is 3.17. The van der Waals surface area contributed by atoms with Crippen molar-refractivity contribution in [3.05, 3.63) is 24.2 Å². The highest BCUT2D eigenvalue weighted by molar-refractivity contribution is 6.68. The first-order valence-corrected chi connectivity index (χ1v) is 7.46. The zero-order chi connectivity index (χ0) is 14.6. The second-order valence-corrected chi connectivity index (χ2v) is 6.95. The van der Waals surface area contributed by atoms with Gasteiger partial charge in [-0.2, -0.15) is 0 Å². The Hall–Kier alpha value is -0.460. The number of rotatable bonds is 5. The molecule has 1 aromatic heterocycles. The Morgan fingerprint density at radius 1 is 1.55 bits per heavy atom. The molecule has 0 bridgehead atoms. The van der Waals surface area contributed by atoms with Gasteiger partial charge in [-0.1, -0.05) is 34.8 Å². The number of nitrogens with two attached hydrogens (primary N) is 1. The van der Waals surface area contributed by atoms with Gasteiger partial charge in [-0.15, -0.1) is 0 Å². The van der Waals surface area contributed by atoms with E-state index in [1.54, 1.807) is 17.4 Å². The summed E-state index contributed by atoms with van der Waals surface area (Å²) < 4.78 is 8.88. The number of hydrogen-bond donors (Lipinski definition) is 2. The standard InChI is InChI=1S/C12H15Cl3N2O3/c13-12(14,15)11(16-7-8-3-1-5-19-8)17-10(18)9-4-2-6-20-9/h2,4,6,8,11,16H,1,3,5,7H2,(H,17,18)/p+1/t8-,11+/m0/s1.